The van der Waals surface area contributed by atoms with Crippen LogP contribution in [0.15, 0.2) is 0 Å². The Morgan fingerprint density at radius 3 is 2.30 bits per heavy atom. The van der Waals surface area contributed by atoms with Crippen LogP contribution in [-0.2, 0) is 19.2 Å². The van der Waals surface area contributed by atoms with E-state index in [0.29, 0.717) is 0 Å². The van der Waals surface area contributed by atoms with Gasteiger partial charge in [-0.3, -0.25) is 14.4 Å². The summed E-state index contributed by atoms with van der Waals surface area (Å²) >= 11 is 3.77. The summed E-state index contributed by atoms with van der Waals surface area (Å²) in [5, 5.41) is 13.1. The Balaban J connectivity index is 4.08. The second-order valence-corrected chi connectivity index (χ2v) is 4.34. The number of carboxylic acids is 1. The Morgan fingerprint density at radius 2 is 1.85 bits per heavy atom. The van der Waals surface area contributed by atoms with Gasteiger partial charge in [-0.2, -0.15) is 12.6 Å². The summed E-state index contributed by atoms with van der Waals surface area (Å²) in [5.41, 5.74) is 10.4. The number of primary amides is 1. The maximum atomic E-state index is 11.4. The number of thiol groups is 1. The lowest BCUT2D eigenvalue weighted by Gasteiger charge is -2.14. The molecule has 0 aliphatic rings. The van der Waals surface area contributed by atoms with E-state index in [2.05, 4.69) is 23.3 Å². The van der Waals surface area contributed by atoms with Gasteiger partial charge in [0.2, 0.25) is 17.7 Å². The summed E-state index contributed by atoms with van der Waals surface area (Å²) < 4.78 is 0. The molecule has 0 spiro atoms. The van der Waals surface area contributed by atoms with Crippen molar-refractivity contribution in [1.29, 1.82) is 0 Å². The first-order valence-electron chi connectivity index (χ1n) is 5.72. The van der Waals surface area contributed by atoms with Crippen molar-refractivity contribution in [1.82, 2.24) is 10.6 Å². The molecule has 0 radical (unpaired) electrons. The molecule has 0 saturated carbocycles. The van der Waals surface area contributed by atoms with Gasteiger partial charge in [0.25, 0.3) is 0 Å². The standard InChI is InChI=1S/C10H18N4O5S/c11-5(1-2-7(12)15)9(17)13-3-8(16)14-6(4-20)10(18)19/h5-6,20H,1-4,11H2,(H2,12,15)(H,13,17)(H,14,16)(H,18,19). The number of nitrogens with two attached hydrogens (primary N) is 2. The molecule has 7 N–H and O–H groups in total. The first-order chi connectivity index (χ1) is 9.27. The van der Waals surface area contributed by atoms with Crippen LogP contribution in [0.5, 0.6) is 0 Å². The zero-order valence-electron chi connectivity index (χ0n) is 10.7. The van der Waals surface area contributed by atoms with Crippen LogP contribution < -0.4 is 22.1 Å². The van der Waals surface area contributed by atoms with Gasteiger partial charge in [-0.15, -0.1) is 0 Å². The molecule has 0 aliphatic heterocycles. The van der Waals surface area contributed by atoms with Gasteiger partial charge in [-0.25, -0.2) is 4.79 Å². The molecule has 2 atom stereocenters. The van der Waals surface area contributed by atoms with E-state index in [0.717, 1.165) is 0 Å². The van der Waals surface area contributed by atoms with Crippen LogP contribution in [0, 0.1) is 0 Å². The number of carbonyl (C=O) groups excluding carboxylic acids is 3. The first-order valence-corrected chi connectivity index (χ1v) is 6.35. The zero-order chi connectivity index (χ0) is 15.7. The van der Waals surface area contributed by atoms with Crippen LogP contribution in [0.2, 0.25) is 0 Å². The average Bonchev–Trinajstić information content (AvgIpc) is 2.38. The molecule has 0 bridgehead atoms. The van der Waals surface area contributed by atoms with Crippen molar-refractivity contribution in [2.24, 2.45) is 11.5 Å². The predicted molar refractivity (Wildman–Crippen MR) is 72.8 cm³/mol. The highest BCUT2D eigenvalue weighted by Crippen LogP contribution is 1.93. The Labute approximate surface area is 120 Å². The molecule has 10 heteroatoms. The van der Waals surface area contributed by atoms with Gasteiger partial charge in [0.05, 0.1) is 12.6 Å². The SMILES string of the molecule is NC(=O)CCC(N)C(=O)NCC(=O)NC(CS)C(=O)O. The molecule has 0 heterocycles. The highest BCUT2D eigenvalue weighted by molar-refractivity contribution is 7.80. The molecule has 3 amide bonds. The van der Waals surface area contributed by atoms with Gasteiger partial charge >= 0.3 is 5.97 Å². The zero-order valence-corrected chi connectivity index (χ0v) is 11.6. The van der Waals surface area contributed by atoms with E-state index in [4.69, 9.17) is 16.6 Å². The summed E-state index contributed by atoms with van der Waals surface area (Å²) in [6, 6.07) is -2.10. The number of hydrogen-bond acceptors (Lipinski definition) is 6. The summed E-state index contributed by atoms with van der Waals surface area (Å²) in [6.45, 7) is -0.416. The third-order valence-electron chi connectivity index (χ3n) is 2.28. The van der Waals surface area contributed by atoms with Gasteiger partial charge in [0.1, 0.15) is 6.04 Å². The molecule has 0 aromatic rings. The molecule has 0 aromatic heterocycles. The van der Waals surface area contributed by atoms with Crippen LogP contribution >= 0.6 is 12.6 Å². The molecule has 0 fully saturated rings. The maximum Gasteiger partial charge on any atom is 0.327 e. The van der Waals surface area contributed by atoms with E-state index in [1.165, 1.54) is 0 Å². The van der Waals surface area contributed by atoms with Gasteiger partial charge in [0.15, 0.2) is 0 Å². The minimum Gasteiger partial charge on any atom is -0.480 e. The van der Waals surface area contributed by atoms with E-state index in [9.17, 15) is 19.2 Å². The number of carbonyl (C=O) groups is 4. The lowest BCUT2D eigenvalue weighted by molar-refractivity contribution is -0.141. The van der Waals surface area contributed by atoms with Crippen molar-refractivity contribution in [3.05, 3.63) is 0 Å². The normalized spacial score (nSPS) is 13.1. The first kappa shape index (κ1) is 18.2. The minimum atomic E-state index is -1.22. The number of nitrogens with one attached hydrogen (secondary N) is 2. The van der Waals surface area contributed by atoms with E-state index in [1.54, 1.807) is 0 Å². The van der Waals surface area contributed by atoms with Crippen molar-refractivity contribution >= 4 is 36.3 Å². The Hall–Kier alpha value is -1.81. The number of aliphatic carboxylic acids is 1. The van der Waals surface area contributed by atoms with Gasteiger partial charge in [-0.1, -0.05) is 0 Å². The van der Waals surface area contributed by atoms with E-state index < -0.39 is 42.3 Å². The Kier molecular flexibility index (Phi) is 8.32. The van der Waals surface area contributed by atoms with Crippen LogP contribution in [-0.4, -0.2) is 53.2 Å². The van der Waals surface area contributed by atoms with Crippen LogP contribution in [0.4, 0.5) is 0 Å². The molecule has 0 aromatic carbocycles. The summed E-state index contributed by atoms with van der Waals surface area (Å²) in [4.78, 5) is 44.0. The fourth-order valence-electron chi connectivity index (χ4n) is 1.16. The molecular formula is C10H18N4O5S. The highest BCUT2D eigenvalue weighted by Gasteiger charge is 2.19. The molecule has 9 nitrogen and oxygen atoms in total. The van der Waals surface area contributed by atoms with Gasteiger partial charge in [0, 0.05) is 12.2 Å². The molecule has 2 unspecified atom stereocenters. The lowest BCUT2D eigenvalue weighted by atomic mass is 10.1. The molecule has 0 aliphatic carbocycles. The van der Waals surface area contributed by atoms with Crippen molar-refractivity contribution < 1.29 is 24.3 Å². The van der Waals surface area contributed by atoms with E-state index >= 15 is 0 Å². The summed E-state index contributed by atoms with van der Waals surface area (Å²) in [5.74, 6) is -3.18. The number of hydrogen-bond donors (Lipinski definition) is 6. The lowest BCUT2D eigenvalue weighted by Crippen LogP contribution is -2.49. The number of amides is 3. The highest BCUT2D eigenvalue weighted by atomic mass is 32.1. The second kappa shape index (κ2) is 9.15. The third-order valence-corrected chi connectivity index (χ3v) is 2.64. The minimum absolute atomic E-state index is 0.0402. The van der Waals surface area contributed by atoms with Crippen LogP contribution in [0.1, 0.15) is 12.8 Å². The topological polar surface area (TPSA) is 165 Å². The summed E-state index contributed by atoms with van der Waals surface area (Å²) in [6.07, 6.45) is 0.0265. The van der Waals surface area contributed by atoms with Crippen LogP contribution in [0.25, 0.3) is 0 Å². The molecule has 20 heavy (non-hydrogen) atoms. The Bertz CT molecular complexity index is 390. The van der Waals surface area contributed by atoms with Crippen molar-refractivity contribution in [3.8, 4) is 0 Å². The van der Waals surface area contributed by atoms with E-state index in [1.807, 2.05) is 0 Å². The van der Waals surface area contributed by atoms with Crippen molar-refractivity contribution in [3.63, 3.8) is 0 Å². The predicted octanol–water partition coefficient (Wildman–Crippen LogP) is -2.81. The smallest absolute Gasteiger partial charge is 0.327 e. The monoisotopic (exact) mass is 306 g/mol. The number of carboxylic acid groups (broad SMARTS) is 1. The Morgan fingerprint density at radius 1 is 1.25 bits per heavy atom. The summed E-state index contributed by atoms with van der Waals surface area (Å²) in [7, 11) is 0. The molecule has 0 saturated heterocycles. The molecule has 114 valence electrons. The fraction of sp³-hybridized carbons (Fsp3) is 0.600. The third kappa shape index (κ3) is 7.59. The van der Waals surface area contributed by atoms with Gasteiger partial charge < -0.3 is 27.2 Å². The fourth-order valence-corrected chi connectivity index (χ4v) is 1.41. The second-order valence-electron chi connectivity index (χ2n) is 3.97. The largest absolute Gasteiger partial charge is 0.480 e. The average molecular weight is 306 g/mol. The maximum absolute atomic E-state index is 11.4. The number of rotatable bonds is 9. The quantitative estimate of drug-likeness (QED) is 0.252. The van der Waals surface area contributed by atoms with Crippen molar-refractivity contribution in [2.45, 2.75) is 24.9 Å². The van der Waals surface area contributed by atoms with Gasteiger partial charge in [-0.05, 0) is 6.42 Å². The van der Waals surface area contributed by atoms with E-state index in [-0.39, 0.29) is 18.6 Å². The van der Waals surface area contributed by atoms with Crippen molar-refractivity contribution in [2.75, 3.05) is 12.3 Å². The van der Waals surface area contributed by atoms with Crippen LogP contribution in [0.3, 0.4) is 0 Å². The molecular weight excluding hydrogens is 288 g/mol. The molecule has 0 rings (SSSR count).